The molecule has 28 heavy (non-hydrogen) atoms. The van der Waals surface area contributed by atoms with E-state index >= 15 is 0 Å². The summed E-state index contributed by atoms with van der Waals surface area (Å²) >= 11 is 3.12. The quantitative estimate of drug-likeness (QED) is 0.645. The number of para-hydroxylation sites is 1. The molecule has 1 aromatic carbocycles. The highest BCUT2D eigenvalue weighted by Gasteiger charge is 2.41. The van der Waals surface area contributed by atoms with Gasteiger partial charge in [0.15, 0.2) is 0 Å². The van der Waals surface area contributed by atoms with E-state index in [1.165, 1.54) is 11.3 Å². The Hall–Kier alpha value is -2.25. The molecule has 2 aliphatic heterocycles. The summed E-state index contributed by atoms with van der Waals surface area (Å²) in [5.41, 5.74) is 0.997. The molecular formula is C21H21N3O2S2. The summed E-state index contributed by atoms with van der Waals surface area (Å²) in [5.74, 6) is 0.0748. The van der Waals surface area contributed by atoms with E-state index in [2.05, 4.69) is 6.07 Å². The number of nitrogens with zero attached hydrogens (tertiary/aromatic N) is 3. The van der Waals surface area contributed by atoms with Gasteiger partial charge in [-0.25, -0.2) is 4.98 Å². The molecule has 144 valence electrons. The van der Waals surface area contributed by atoms with E-state index in [0.29, 0.717) is 11.4 Å². The molecule has 2 atom stereocenters. The van der Waals surface area contributed by atoms with E-state index in [1.807, 2.05) is 40.6 Å². The fourth-order valence-corrected chi connectivity index (χ4v) is 6.11. The maximum atomic E-state index is 13.4. The molecule has 4 heterocycles. The molecule has 2 saturated heterocycles. The van der Waals surface area contributed by atoms with E-state index in [9.17, 15) is 9.59 Å². The summed E-state index contributed by atoms with van der Waals surface area (Å²) in [5, 5.41) is 2.92. The van der Waals surface area contributed by atoms with Crippen molar-refractivity contribution in [3.63, 3.8) is 0 Å². The highest BCUT2D eigenvalue weighted by atomic mass is 32.1. The Morgan fingerprint density at radius 2 is 1.82 bits per heavy atom. The maximum Gasteiger partial charge on any atom is 0.264 e. The lowest BCUT2D eigenvalue weighted by molar-refractivity contribution is -0.136. The minimum Gasteiger partial charge on any atom is -0.331 e. The summed E-state index contributed by atoms with van der Waals surface area (Å²) < 4.78 is 1.16. The molecule has 0 bridgehead atoms. The minimum absolute atomic E-state index is 0.0124. The molecule has 2 fully saturated rings. The van der Waals surface area contributed by atoms with E-state index in [1.54, 1.807) is 16.2 Å². The topological polar surface area (TPSA) is 53.5 Å². The Morgan fingerprint density at radius 1 is 1.00 bits per heavy atom. The first-order valence-corrected chi connectivity index (χ1v) is 11.4. The predicted octanol–water partition coefficient (Wildman–Crippen LogP) is 4.33. The van der Waals surface area contributed by atoms with Crippen molar-refractivity contribution in [2.75, 3.05) is 13.1 Å². The summed E-state index contributed by atoms with van der Waals surface area (Å²) in [6.45, 7) is 1.41. The molecule has 0 saturated carbocycles. The summed E-state index contributed by atoms with van der Waals surface area (Å²) in [4.78, 5) is 35.6. The highest BCUT2D eigenvalue weighted by molar-refractivity contribution is 7.18. The third-order valence-electron chi connectivity index (χ3n) is 5.66. The van der Waals surface area contributed by atoms with Gasteiger partial charge in [-0.3, -0.25) is 9.59 Å². The molecule has 5 rings (SSSR count). The number of rotatable bonds is 3. The molecule has 5 nitrogen and oxygen atoms in total. The largest absolute Gasteiger partial charge is 0.331 e. The first kappa shape index (κ1) is 17.8. The fourth-order valence-electron chi connectivity index (χ4n) is 4.32. The maximum absolute atomic E-state index is 13.4. The molecular weight excluding hydrogens is 390 g/mol. The Bertz CT molecular complexity index is 981. The lowest BCUT2D eigenvalue weighted by Gasteiger charge is -2.30. The van der Waals surface area contributed by atoms with Crippen LogP contribution in [0.2, 0.25) is 0 Å². The first-order chi connectivity index (χ1) is 13.7. The molecule has 0 spiro atoms. The molecule has 0 radical (unpaired) electrons. The second-order valence-corrected chi connectivity index (χ2v) is 9.35. The van der Waals surface area contributed by atoms with Crippen LogP contribution < -0.4 is 0 Å². The Balaban J connectivity index is 1.39. The van der Waals surface area contributed by atoms with E-state index < -0.39 is 0 Å². The Morgan fingerprint density at radius 3 is 2.64 bits per heavy atom. The van der Waals surface area contributed by atoms with Crippen LogP contribution in [0.4, 0.5) is 0 Å². The van der Waals surface area contributed by atoms with Gasteiger partial charge in [0.25, 0.3) is 5.91 Å². The summed E-state index contributed by atoms with van der Waals surface area (Å²) in [6.07, 6.45) is 3.56. The minimum atomic E-state index is -0.343. The predicted molar refractivity (Wildman–Crippen MR) is 112 cm³/mol. The van der Waals surface area contributed by atoms with Gasteiger partial charge in [0.2, 0.25) is 5.91 Å². The smallest absolute Gasteiger partial charge is 0.264 e. The van der Waals surface area contributed by atoms with Gasteiger partial charge in [0.05, 0.1) is 21.1 Å². The van der Waals surface area contributed by atoms with Gasteiger partial charge in [-0.15, -0.1) is 22.7 Å². The molecule has 0 N–H and O–H groups in total. The fraction of sp³-hybridized carbons (Fsp3) is 0.381. The number of amides is 2. The SMILES string of the molecule is O=C(c1cccs1)N1CCCC1C(=O)N1CCCC1c1nc2ccccc2s1. The Labute approximate surface area is 171 Å². The van der Waals surface area contributed by atoms with Crippen LogP contribution in [0.3, 0.4) is 0 Å². The van der Waals surface area contributed by atoms with Crippen molar-refractivity contribution >= 4 is 44.7 Å². The number of hydrogen-bond donors (Lipinski definition) is 0. The van der Waals surface area contributed by atoms with Gasteiger partial charge < -0.3 is 9.80 Å². The molecule has 2 aliphatic rings. The number of carbonyl (C=O) groups is 2. The van der Waals surface area contributed by atoms with Crippen molar-refractivity contribution in [3.8, 4) is 0 Å². The number of likely N-dealkylation sites (tertiary alicyclic amines) is 2. The van der Waals surface area contributed by atoms with Crippen molar-refractivity contribution in [3.05, 3.63) is 51.7 Å². The highest BCUT2D eigenvalue weighted by Crippen LogP contribution is 2.38. The van der Waals surface area contributed by atoms with Crippen molar-refractivity contribution in [2.24, 2.45) is 0 Å². The number of fused-ring (bicyclic) bond motifs is 1. The molecule has 2 unspecified atom stereocenters. The monoisotopic (exact) mass is 411 g/mol. The van der Waals surface area contributed by atoms with Crippen LogP contribution in [0.1, 0.15) is 46.4 Å². The average molecular weight is 412 g/mol. The molecule has 2 aromatic heterocycles. The number of aromatic nitrogens is 1. The van der Waals surface area contributed by atoms with Crippen LogP contribution >= 0.6 is 22.7 Å². The van der Waals surface area contributed by atoms with Gasteiger partial charge in [0, 0.05) is 13.1 Å². The van der Waals surface area contributed by atoms with Crippen molar-refractivity contribution in [1.29, 1.82) is 0 Å². The molecule has 0 aliphatic carbocycles. The van der Waals surface area contributed by atoms with Crippen LogP contribution in [0, 0.1) is 0 Å². The number of carbonyl (C=O) groups excluding carboxylic acids is 2. The number of hydrogen-bond acceptors (Lipinski definition) is 5. The molecule has 3 aromatic rings. The average Bonchev–Trinajstić information content (AvgIpc) is 3.51. The summed E-state index contributed by atoms with van der Waals surface area (Å²) in [6, 6.07) is 11.5. The van der Waals surface area contributed by atoms with E-state index in [-0.39, 0.29) is 23.9 Å². The van der Waals surface area contributed by atoms with Gasteiger partial charge in [0.1, 0.15) is 11.0 Å². The van der Waals surface area contributed by atoms with E-state index in [4.69, 9.17) is 4.98 Å². The Kier molecular flexibility index (Phi) is 4.64. The van der Waals surface area contributed by atoms with Gasteiger partial charge >= 0.3 is 0 Å². The van der Waals surface area contributed by atoms with Crippen LogP contribution in [-0.2, 0) is 4.79 Å². The van der Waals surface area contributed by atoms with Crippen molar-refractivity contribution in [1.82, 2.24) is 14.8 Å². The number of thiophene rings is 1. The summed E-state index contributed by atoms with van der Waals surface area (Å²) in [7, 11) is 0. The second kappa shape index (κ2) is 7.29. The van der Waals surface area contributed by atoms with Crippen molar-refractivity contribution in [2.45, 2.75) is 37.8 Å². The lowest BCUT2D eigenvalue weighted by Crippen LogP contribution is -2.47. The zero-order valence-electron chi connectivity index (χ0n) is 15.4. The second-order valence-electron chi connectivity index (χ2n) is 7.34. The van der Waals surface area contributed by atoms with Crippen LogP contribution in [0.25, 0.3) is 10.2 Å². The van der Waals surface area contributed by atoms with Crippen LogP contribution in [0.15, 0.2) is 41.8 Å². The van der Waals surface area contributed by atoms with Gasteiger partial charge in [-0.2, -0.15) is 0 Å². The zero-order chi connectivity index (χ0) is 19.1. The molecule has 2 amide bonds. The van der Waals surface area contributed by atoms with Gasteiger partial charge in [-0.1, -0.05) is 18.2 Å². The lowest BCUT2D eigenvalue weighted by atomic mass is 10.1. The normalized spacial score (nSPS) is 22.3. The van der Waals surface area contributed by atoms with Gasteiger partial charge in [-0.05, 0) is 49.3 Å². The number of benzene rings is 1. The third kappa shape index (κ3) is 3.02. The van der Waals surface area contributed by atoms with Crippen LogP contribution in [0.5, 0.6) is 0 Å². The standard InChI is InChI=1S/C21H21N3O2S2/c25-20(16-8-4-12-24(16)21(26)18-10-5-13-27-18)23-11-3-7-15(23)19-22-14-6-1-2-9-17(14)28-19/h1-2,5-6,9-10,13,15-16H,3-4,7-8,11-12H2. The number of thiazole rings is 1. The first-order valence-electron chi connectivity index (χ1n) is 9.73. The molecule has 7 heteroatoms. The van der Waals surface area contributed by atoms with Crippen LogP contribution in [-0.4, -0.2) is 45.7 Å². The van der Waals surface area contributed by atoms with Crippen molar-refractivity contribution < 1.29 is 9.59 Å². The third-order valence-corrected chi connectivity index (χ3v) is 7.66. The van der Waals surface area contributed by atoms with E-state index in [0.717, 1.165) is 47.5 Å². The zero-order valence-corrected chi connectivity index (χ0v) is 17.0.